The van der Waals surface area contributed by atoms with E-state index in [1.54, 1.807) is 0 Å². The van der Waals surface area contributed by atoms with Crippen LogP contribution >= 0.6 is 0 Å². The van der Waals surface area contributed by atoms with Crippen molar-refractivity contribution >= 4 is 26.1 Å². The SMILES string of the molecule is C=CC(=O)NCCCC(S(=O)(=O)O)S(=O)(=O)O. The molecule has 0 atom stereocenters. The lowest BCUT2D eigenvalue weighted by molar-refractivity contribution is -0.116. The van der Waals surface area contributed by atoms with E-state index in [-0.39, 0.29) is 13.0 Å². The summed E-state index contributed by atoms with van der Waals surface area (Å²) in [6.45, 7) is 3.16. The molecule has 17 heavy (non-hydrogen) atoms. The Labute approximate surface area is 99.2 Å². The van der Waals surface area contributed by atoms with Gasteiger partial charge in [-0.3, -0.25) is 13.9 Å². The molecule has 0 aliphatic rings. The summed E-state index contributed by atoms with van der Waals surface area (Å²) in [5.74, 6) is -0.500. The number of amides is 1. The van der Waals surface area contributed by atoms with E-state index in [1.165, 1.54) is 0 Å². The zero-order chi connectivity index (χ0) is 13.7. The van der Waals surface area contributed by atoms with Crippen molar-refractivity contribution in [3.05, 3.63) is 12.7 Å². The van der Waals surface area contributed by atoms with Gasteiger partial charge < -0.3 is 5.32 Å². The number of rotatable bonds is 7. The zero-order valence-electron chi connectivity index (χ0n) is 8.74. The Bertz CT molecular complexity index is 446. The molecule has 0 saturated heterocycles. The molecule has 0 radical (unpaired) electrons. The van der Waals surface area contributed by atoms with Crippen LogP contribution in [0.4, 0.5) is 0 Å². The minimum Gasteiger partial charge on any atom is -0.353 e. The fraction of sp³-hybridized carbons (Fsp3) is 0.571. The number of carbonyl (C=O) groups excluding carboxylic acids is 1. The molecular formula is C7H13NO7S2. The van der Waals surface area contributed by atoms with E-state index < -0.39 is 37.1 Å². The van der Waals surface area contributed by atoms with E-state index in [9.17, 15) is 21.6 Å². The van der Waals surface area contributed by atoms with Crippen LogP contribution in [0.3, 0.4) is 0 Å². The van der Waals surface area contributed by atoms with Gasteiger partial charge in [0, 0.05) is 6.54 Å². The Kier molecular flexibility index (Phi) is 5.75. The molecule has 10 heteroatoms. The molecule has 0 bridgehead atoms. The van der Waals surface area contributed by atoms with Gasteiger partial charge in [-0.25, -0.2) is 0 Å². The Morgan fingerprint density at radius 1 is 1.24 bits per heavy atom. The fourth-order valence-corrected chi connectivity index (χ4v) is 3.16. The largest absolute Gasteiger partial charge is 0.353 e. The molecule has 0 unspecified atom stereocenters. The van der Waals surface area contributed by atoms with Crippen molar-refractivity contribution in [3.8, 4) is 0 Å². The van der Waals surface area contributed by atoms with Gasteiger partial charge >= 0.3 is 0 Å². The lowest BCUT2D eigenvalue weighted by Gasteiger charge is -2.10. The van der Waals surface area contributed by atoms with Crippen LogP contribution in [0, 0.1) is 0 Å². The summed E-state index contributed by atoms with van der Waals surface area (Å²) in [7, 11) is -9.80. The van der Waals surface area contributed by atoms with E-state index >= 15 is 0 Å². The molecule has 0 aromatic carbocycles. The Hall–Kier alpha value is -0.970. The second-order valence-electron chi connectivity index (χ2n) is 3.10. The van der Waals surface area contributed by atoms with E-state index in [1.807, 2.05) is 0 Å². The van der Waals surface area contributed by atoms with Gasteiger partial charge in [-0.2, -0.15) is 16.8 Å². The lowest BCUT2D eigenvalue weighted by atomic mass is 10.3. The van der Waals surface area contributed by atoms with Crippen molar-refractivity contribution in [2.24, 2.45) is 0 Å². The molecule has 0 rings (SSSR count). The van der Waals surface area contributed by atoms with E-state index in [0.717, 1.165) is 6.08 Å². The molecule has 0 aliphatic carbocycles. The Morgan fingerprint density at radius 3 is 2.06 bits per heavy atom. The van der Waals surface area contributed by atoms with E-state index in [0.29, 0.717) is 0 Å². The smallest absolute Gasteiger partial charge is 0.284 e. The number of hydrogen-bond donors (Lipinski definition) is 3. The summed E-state index contributed by atoms with van der Waals surface area (Å²) in [4.78, 5) is 10.7. The topological polar surface area (TPSA) is 138 Å². The molecule has 0 aromatic rings. The van der Waals surface area contributed by atoms with Gasteiger partial charge in [0.05, 0.1) is 0 Å². The molecule has 0 aromatic heterocycles. The fourth-order valence-electron chi connectivity index (χ4n) is 1.00. The third-order valence-electron chi connectivity index (χ3n) is 1.77. The van der Waals surface area contributed by atoms with E-state index in [2.05, 4.69) is 11.9 Å². The summed E-state index contributed by atoms with van der Waals surface area (Å²) in [6, 6.07) is 0. The highest BCUT2D eigenvalue weighted by Crippen LogP contribution is 2.12. The highest BCUT2D eigenvalue weighted by atomic mass is 32.3. The van der Waals surface area contributed by atoms with Gasteiger partial charge in [-0.1, -0.05) is 6.58 Å². The first-order chi connectivity index (χ1) is 7.59. The molecule has 0 spiro atoms. The molecule has 0 fully saturated rings. The van der Waals surface area contributed by atoms with Gasteiger partial charge in [0.25, 0.3) is 20.2 Å². The van der Waals surface area contributed by atoms with Crippen LogP contribution < -0.4 is 5.32 Å². The third kappa shape index (κ3) is 6.36. The average molecular weight is 287 g/mol. The summed E-state index contributed by atoms with van der Waals surface area (Å²) < 4.78 is 57.6. The predicted octanol–water partition coefficient (Wildman–Crippen LogP) is -0.829. The van der Waals surface area contributed by atoms with Crippen LogP contribution in [-0.4, -0.2) is 43.0 Å². The van der Waals surface area contributed by atoms with Crippen molar-refractivity contribution < 1.29 is 30.7 Å². The standard InChI is InChI=1S/C7H13NO7S2/c1-2-6(9)8-5-3-4-7(16(10,11)12)17(13,14)15/h2,7H,1,3-5H2,(H,8,9)(H,10,11,12)(H,13,14,15). The quantitative estimate of drug-likeness (QED) is 0.315. The summed E-state index contributed by atoms with van der Waals surface area (Å²) in [6.07, 6.45) is 0.405. The summed E-state index contributed by atoms with van der Waals surface area (Å²) >= 11 is 0. The van der Waals surface area contributed by atoms with Crippen LogP contribution in [0.5, 0.6) is 0 Å². The van der Waals surface area contributed by atoms with Gasteiger partial charge in [0.15, 0.2) is 0 Å². The van der Waals surface area contributed by atoms with Crippen LogP contribution in [-0.2, 0) is 25.0 Å². The highest BCUT2D eigenvalue weighted by Gasteiger charge is 2.34. The second kappa shape index (κ2) is 6.10. The third-order valence-corrected chi connectivity index (χ3v) is 5.03. The maximum absolute atomic E-state index is 10.7. The number of nitrogens with one attached hydrogen (secondary N) is 1. The maximum atomic E-state index is 10.7. The van der Waals surface area contributed by atoms with Gasteiger partial charge in [-0.15, -0.1) is 0 Å². The van der Waals surface area contributed by atoms with Crippen molar-refractivity contribution in [1.82, 2.24) is 5.32 Å². The van der Waals surface area contributed by atoms with Crippen molar-refractivity contribution in [2.45, 2.75) is 17.4 Å². The minimum absolute atomic E-state index is 0.00755. The van der Waals surface area contributed by atoms with E-state index in [4.69, 9.17) is 9.11 Å². The average Bonchev–Trinajstić information content (AvgIpc) is 2.12. The van der Waals surface area contributed by atoms with Crippen molar-refractivity contribution in [3.63, 3.8) is 0 Å². The molecule has 0 saturated carbocycles. The van der Waals surface area contributed by atoms with Crippen LogP contribution in [0.1, 0.15) is 12.8 Å². The first-order valence-corrected chi connectivity index (χ1v) is 7.42. The molecule has 0 heterocycles. The zero-order valence-corrected chi connectivity index (χ0v) is 10.4. The predicted molar refractivity (Wildman–Crippen MR) is 59.3 cm³/mol. The molecule has 3 N–H and O–H groups in total. The first-order valence-electron chi connectivity index (χ1n) is 4.42. The van der Waals surface area contributed by atoms with Crippen molar-refractivity contribution in [1.29, 1.82) is 0 Å². The highest BCUT2D eigenvalue weighted by molar-refractivity contribution is 8.03. The Morgan fingerprint density at radius 2 is 1.71 bits per heavy atom. The monoisotopic (exact) mass is 287 g/mol. The Balaban J connectivity index is 4.42. The molecule has 8 nitrogen and oxygen atoms in total. The molecule has 0 aliphatic heterocycles. The molecule has 100 valence electrons. The van der Waals surface area contributed by atoms with Crippen LogP contribution in [0.2, 0.25) is 0 Å². The summed E-state index contributed by atoms with van der Waals surface area (Å²) in [5.41, 5.74) is 0. The maximum Gasteiger partial charge on any atom is 0.284 e. The van der Waals surface area contributed by atoms with Crippen LogP contribution in [0.25, 0.3) is 0 Å². The number of hydrogen-bond acceptors (Lipinski definition) is 5. The minimum atomic E-state index is -4.90. The van der Waals surface area contributed by atoms with Crippen LogP contribution in [0.15, 0.2) is 12.7 Å². The number of carbonyl (C=O) groups is 1. The lowest BCUT2D eigenvalue weighted by Crippen LogP contribution is -2.31. The molecule has 1 amide bonds. The normalized spacial score (nSPS) is 12.4. The van der Waals surface area contributed by atoms with Gasteiger partial charge in [0.1, 0.15) is 0 Å². The first kappa shape index (κ1) is 16.0. The molecular weight excluding hydrogens is 274 g/mol. The van der Waals surface area contributed by atoms with Gasteiger partial charge in [-0.05, 0) is 18.9 Å². The summed E-state index contributed by atoms with van der Waals surface area (Å²) in [5, 5.41) is 2.28. The van der Waals surface area contributed by atoms with Gasteiger partial charge in [0.2, 0.25) is 10.5 Å². The van der Waals surface area contributed by atoms with Crippen molar-refractivity contribution in [2.75, 3.05) is 6.54 Å². The second-order valence-corrected chi connectivity index (χ2v) is 6.59.